The Bertz CT molecular complexity index is 883. The number of rotatable bonds is 7. The summed E-state index contributed by atoms with van der Waals surface area (Å²) >= 11 is 0. The standard InChI is InChI=1S/C20H19N3O4/c1-4-11-27-18-10-5-15(12-19(18)26-3)13-21-23-20(25)16-6-8-17(9-7-16)22-14(2)24/h1,5-10,12-13H,11H2,2-3H3,(H,22,24)(H,23,25)/b21-13-. The Labute approximate surface area is 157 Å². The van der Waals surface area contributed by atoms with Crippen LogP contribution >= 0.6 is 0 Å². The van der Waals surface area contributed by atoms with Gasteiger partial charge < -0.3 is 14.8 Å². The lowest BCUT2D eigenvalue weighted by atomic mass is 10.2. The van der Waals surface area contributed by atoms with E-state index in [0.29, 0.717) is 28.3 Å². The normalized spacial score (nSPS) is 10.1. The van der Waals surface area contributed by atoms with Gasteiger partial charge in [0.15, 0.2) is 11.5 Å². The highest BCUT2D eigenvalue weighted by atomic mass is 16.5. The number of anilines is 1. The summed E-state index contributed by atoms with van der Waals surface area (Å²) < 4.78 is 10.6. The van der Waals surface area contributed by atoms with E-state index in [1.165, 1.54) is 20.2 Å². The smallest absolute Gasteiger partial charge is 0.271 e. The number of amides is 2. The van der Waals surface area contributed by atoms with E-state index in [-0.39, 0.29) is 18.4 Å². The third-order valence-corrected chi connectivity index (χ3v) is 3.35. The van der Waals surface area contributed by atoms with E-state index < -0.39 is 0 Å². The van der Waals surface area contributed by atoms with Crippen LogP contribution in [0.25, 0.3) is 0 Å². The molecule has 0 spiro atoms. The zero-order valence-corrected chi connectivity index (χ0v) is 15.0. The molecule has 2 aromatic rings. The van der Waals surface area contributed by atoms with Gasteiger partial charge in [0.2, 0.25) is 5.91 Å². The van der Waals surface area contributed by atoms with Gasteiger partial charge in [0, 0.05) is 18.2 Å². The molecule has 2 amide bonds. The van der Waals surface area contributed by atoms with Crippen molar-refractivity contribution < 1.29 is 19.1 Å². The summed E-state index contributed by atoms with van der Waals surface area (Å²) in [6, 6.07) is 11.6. The van der Waals surface area contributed by atoms with Crippen LogP contribution in [0.2, 0.25) is 0 Å². The van der Waals surface area contributed by atoms with Crippen LogP contribution in [0.4, 0.5) is 5.69 Å². The predicted octanol–water partition coefficient (Wildman–Crippen LogP) is 2.43. The summed E-state index contributed by atoms with van der Waals surface area (Å²) in [5, 5.41) is 6.56. The SMILES string of the molecule is C#CCOc1ccc(/C=N\NC(=O)c2ccc(NC(C)=O)cc2)cc1OC. The quantitative estimate of drug-likeness (QED) is 0.448. The monoisotopic (exact) mass is 365 g/mol. The lowest BCUT2D eigenvalue weighted by Crippen LogP contribution is -2.17. The van der Waals surface area contributed by atoms with Gasteiger partial charge in [0.25, 0.3) is 5.91 Å². The van der Waals surface area contributed by atoms with Crippen LogP contribution in [-0.2, 0) is 4.79 Å². The minimum Gasteiger partial charge on any atom is -0.493 e. The summed E-state index contributed by atoms with van der Waals surface area (Å²) in [6.07, 6.45) is 6.66. The molecule has 0 aliphatic carbocycles. The highest BCUT2D eigenvalue weighted by Gasteiger charge is 2.06. The van der Waals surface area contributed by atoms with Crippen molar-refractivity contribution in [2.24, 2.45) is 5.10 Å². The van der Waals surface area contributed by atoms with Crippen LogP contribution in [0.15, 0.2) is 47.6 Å². The van der Waals surface area contributed by atoms with Crippen molar-refractivity contribution in [3.63, 3.8) is 0 Å². The molecule has 0 saturated carbocycles. The molecule has 7 heteroatoms. The van der Waals surface area contributed by atoms with E-state index in [1.807, 2.05) is 0 Å². The number of methoxy groups -OCH3 is 1. The van der Waals surface area contributed by atoms with Gasteiger partial charge in [0.05, 0.1) is 13.3 Å². The fourth-order valence-corrected chi connectivity index (χ4v) is 2.14. The Morgan fingerprint density at radius 2 is 1.93 bits per heavy atom. The molecule has 7 nitrogen and oxygen atoms in total. The van der Waals surface area contributed by atoms with Crippen LogP contribution in [0.5, 0.6) is 11.5 Å². The number of carbonyl (C=O) groups is 2. The summed E-state index contributed by atoms with van der Waals surface area (Å²) in [6.45, 7) is 1.55. The fraction of sp³-hybridized carbons (Fsp3) is 0.150. The Kier molecular flexibility index (Phi) is 6.97. The second-order valence-electron chi connectivity index (χ2n) is 5.36. The van der Waals surface area contributed by atoms with Crippen LogP contribution in [0.1, 0.15) is 22.8 Å². The maximum absolute atomic E-state index is 12.1. The molecule has 0 aliphatic rings. The predicted molar refractivity (Wildman–Crippen MR) is 103 cm³/mol. The largest absolute Gasteiger partial charge is 0.493 e. The second kappa shape index (κ2) is 9.63. The lowest BCUT2D eigenvalue weighted by molar-refractivity contribution is -0.114. The fourth-order valence-electron chi connectivity index (χ4n) is 2.14. The molecule has 138 valence electrons. The van der Waals surface area contributed by atoms with E-state index in [0.717, 1.165) is 0 Å². The Morgan fingerprint density at radius 1 is 1.19 bits per heavy atom. The first-order valence-electron chi connectivity index (χ1n) is 7.99. The minimum absolute atomic E-state index is 0.139. The van der Waals surface area contributed by atoms with E-state index in [4.69, 9.17) is 15.9 Å². The molecule has 2 rings (SSSR count). The van der Waals surface area contributed by atoms with Gasteiger partial charge in [-0.25, -0.2) is 5.43 Å². The molecule has 2 aromatic carbocycles. The number of nitrogens with zero attached hydrogens (tertiary/aromatic N) is 1. The van der Waals surface area contributed by atoms with Crippen molar-refractivity contribution in [3.05, 3.63) is 53.6 Å². The maximum Gasteiger partial charge on any atom is 0.271 e. The summed E-state index contributed by atoms with van der Waals surface area (Å²) in [5.74, 6) is 2.87. The molecule has 0 heterocycles. The van der Waals surface area contributed by atoms with Crippen LogP contribution < -0.4 is 20.2 Å². The van der Waals surface area contributed by atoms with Crippen LogP contribution in [0, 0.1) is 12.3 Å². The van der Waals surface area contributed by atoms with Gasteiger partial charge >= 0.3 is 0 Å². The van der Waals surface area contributed by atoms with E-state index in [1.54, 1.807) is 42.5 Å². The third kappa shape index (κ3) is 5.90. The molecule has 0 aromatic heterocycles. The first-order chi connectivity index (χ1) is 13.0. The minimum atomic E-state index is -0.374. The topological polar surface area (TPSA) is 89.0 Å². The van der Waals surface area contributed by atoms with Crippen molar-refractivity contribution in [1.29, 1.82) is 0 Å². The van der Waals surface area contributed by atoms with E-state index in [9.17, 15) is 9.59 Å². The van der Waals surface area contributed by atoms with Gasteiger partial charge in [-0.3, -0.25) is 9.59 Å². The van der Waals surface area contributed by atoms with E-state index in [2.05, 4.69) is 21.8 Å². The number of hydrazone groups is 1. The molecular weight excluding hydrogens is 346 g/mol. The molecule has 2 N–H and O–H groups in total. The number of carbonyl (C=O) groups excluding carboxylic acids is 2. The molecule has 0 radical (unpaired) electrons. The third-order valence-electron chi connectivity index (χ3n) is 3.35. The van der Waals surface area contributed by atoms with Crippen molar-refractivity contribution in [1.82, 2.24) is 5.43 Å². The molecule has 0 atom stereocenters. The number of hydrogen-bond acceptors (Lipinski definition) is 5. The van der Waals surface area contributed by atoms with Gasteiger partial charge in [-0.1, -0.05) is 5.92 Å². The molecule has 0 unspecified atom stereocenters. The zero-order valence-electron chi connectivity index (χ0n) is 15.0. The average Bonchev–Trinajstić information content (AvgIpc) is 2.66. The molecule has 0 fully saturated rings. The first kappa shape index (κ1) is 19.5. The molecule has 27 heavy (non-hydrogen) atoms. The van der Waals surface area contributed by atoms with Crippen molar-refractivity contribution in [2.45, 2.75) is 6.92 Å². The number of terminal acetylenes is 1. The Morgan fingerprint density at radius 3 is 2.56 bits per heavy atom. The number of ether oxygens (including phenoxy) is 2. The number of hydrogen-bond donors (Lipinski definition) is 2. The van der Waals surface area contributed by atoms with Gasteiger partial charge in [0.1, 0.15) is 6.61 Å². The highest BCUT2D eigenvalue weighted by Crippen LogP contribution is 2.27. The molecular formula is C20H19N3O4. The van der Waals surface area contributed by atoms with Crippen molar-refractivity contribution in [3.8, 4) is 23.8 Å². The Hall–Kier alpha value is -3.79. The summed E-state index contributed by atoms with van der Waals surface area (Å²) in [7, 11) is 1.52. The molecule has 0 aliphatic heterocycles. The van der Waals surface area contributed by atoms with Crippen LogP contribution in [-0.4, -0.2) is 31.7 Å². The van der Waals surface area contributed by atoms with Gasteiger partial charge in [-0.2, -0.15) is 5.10 Å². The maximum atomic E-state index is 12.1. The van der Waals surface area contributed by atoms with E-state index >= 15 is 0 Å². The number of nitrogens with one attached hydrogen (secondary N) is 2. The summed E-state index contributed by atoms with van der Waals surface area (Å²) in [4.78, 5) is 23.1. The van der Waals surface area contributed by atoms with Crippen molar-refractivity contribution in [2.75, 3.05) is 19.0 Å². The lowest BCUT2D eigenvalue weighted by Gasteiger charge is -2.09. The molecule has 0 saturated heterocycles. The van der Waals surface area contributed by atoms with Crippen LogP contribution in [0.3, 0.4) is 0 Å². The number of benzene rings is 2. The second-order valence-corrected chi connectivity index (χ2v) is 5.36. The average molecular weight is 365 g/mol. The highest BCUT2D eigenvalue weighted by molar-refractivity contribution is 5.96. The van der Waals surface area contributed by atoms with Crippen molar-refractivity contribution >= 4 is 23.7 Å². The van der Waals surface area contributed by atoms with Gasteiger partial charge in [-0.05, 0) is 48.0 Å². The summed E-state index contributed by atoms with van der Waals surface area (Å²) in [5.41, 5.74) is 4.17. The van der Waals surface area contributed by atoms with Gasteiger partial charge in [-0.15, -0.1) is 6.42 Å². The zero-order chi connectivity index (χ0) is 19.6. The Balaban J connectivity index is 1.99. The molecule has 0 bridgehead atoms. The first-order valence-corrected chi connectivity index (χ1v) is 7.99.